The third kappa shape index (κ3) is 5.53. The van der Waals surface area contributed by atoms with E-state index in [1.54, 1.807) is 13.4 Å². The fourth-order valence-corrected chi connectivity index (χ4v) is 0.989. The Hall–Kier alpha value is -0.700. The molecule has 1 unspecified atom stereocenters. The van der Waals surface area contributed by atoms with Gasteiger partial charge in [-0.1, -0.05) is 13.8 Å². The molecule has 1 rings (SSSR count). The highest BCUT2D eigenvalue weighted by Gasteiger charge is 2.14. The van der Waals surface area contributed by atoms with E-state index in [4.69, 9.17) is 14.2 Å². The highest BCUT2D eigenvalue weighted by Crippen LogP contribution is 2.11. The third-order valence-corrected chi connectivity index (χ3v) is 1.53. The van der Waals surface area contributed by atoms with Crippen molar-refractivity contribution >= 4 is 0 Å². The zero-order valence-electron chi connectivity index (χ0n) is 9.00. The molecule has 3 nitrogen and oxygen atoms in total. The topological polar surface area (TPSA) is 27.7 Å². The number of rotatable bonds is 3. The molecular formula is C10H20O3. The molecule has 1 heterocycles. The SMILES string of the molecule is CC.COCCC1COC=C(C)O1. The largest absolute Gasteiger partial charge is 0.494 e. The first-order chi connectivity index (χ1) is 6.33. The summed E-state index contributed by atoms with van der Waals surface area (Å²) in [5.41, 5.74) is 0. The summed E-state index contributed by atoms with van der Waals surface area (Å²) in [5.74, 6) is 0.845. The van der Waals surface area contributed by atoms with Crippen LogP contribution in [0.25, 0.3) is 0 Å². The number of allylic oxidation sites excluding steroid dienone is 1. The minimum absolute atomic E-state index is 0.167. The van der Waals surface area contributed by atoms with Gasteiger partial charge in [0.1, 0.15) is 24.7 Å². The van der Waals surface area contributed by atoms with E-state index in [1.165, 1.54) is 0 Å². The lowest BCUT2D eigenvalue weighted by Gasteiger charge is -2.22. The Balaban J connectivity index is 0.000000671. The lowest BCUT2D eigenvalue weighted by atomic mass is 10.2. The molecular weight excluding hydrogens is 168 g/mol. The van der Waals surface area contributed by atoms with Gasteiger partial charge in [-0.15, -0.1) is 0 Å². The van der Waals surface area contributed by atoms with Gasteiger partial charge in [-0.2, -0.15) is 0 Å². The maximum atomic E-state index is 5.44. The Labute approximate surface area is 80.7 Å². The highest BCUT2D eigenvalue weighted by atomic mass is 16.6. The van der Waals surface area contributed by atoms with E-state index >= 15 is 0 Å². The van der Waals surface area contributed by atoms with Crippen LogP contribution in [0.15, 0.2) is 12.0 Å². The van der Waals surface area contributed by atoms with E-state index in [1.807, 2.05) is 20.8 Å². The lowest BCUT2D eigenvalue weighted by molar-refractivity contribution is -0.00330. The average molecular weight is 188 g/mol. The maximum absolute atomic E-state index is 5.44. The molecule has 0 aliphatic carbocycles. The van der Waals surface area contributed by atoms with Crippen LogP contribution < -0.4 is 0 Å². The maximum Gasteiger partial charge on any atom is 0.134 e. The average Bonchev–Trinajstić information content (AvgIpc) is 2.18. The van der Waals surface area contributed by atoms with Gasteiger partial charge < -0.3 is 14.2 Å². The Morgan fingerprint density at radius 1 is 1.54 bits per heavy atom. The van der Waals surface area contributed by atoms with Crippen LogP contribution in [-0.4, -0.2) is 26.4 Å². The molecule has 0 N–H and O–H groups in total. The summed E-state index contributed by atoms with van der Waals surface area (Å²) in [6.07, 6.45) is 2.70. The van der Waals surface area contributed by atoms with Gasteiger partial charge in [0.25, 0.3) is 0 Å². The highest BCUT2D eigenvalue weighted by molar-refractivity contribution is 4.86. The Bertz CT molecular complexity index is 143. The standard InChI is InChI=1S/C8H14O3.C2H6/c1-7-5-10-6-8(11-7)3-4-9-2;1-2/h5,8H,3-4,6H2,1-2H3;1-2H3. The molecule has 0 spiro atoms. The fourth-order valence-electron chi connectivity index (χ4n) is 0.989. The van der Waals surface area contributed by atoms with Crippen molar-refractivity contribution < 1.29 is 14.2 Å². The summed E-state index contributed by atoms with van der Waals surface area (Å²) >= 11 is 0. The van der Waals surface area contributed by atoms with Crippen LogP contribution in [0, 0.1) is 0 Å². The number of methoxy groups -OCH3 is 1. The van der Waals surface area contributed by atoms with E-state index in [-0.39, 0.29) is 6.10 Å². The molecule has 0 amide bonds. The van der Waals surface area contributed by atoms with E-state index in [9.17, 15) is 0 Å². The minimum atomic E-state index is 0.167. The molecule has 1 aliphatic rings. The molecule has 0 aromatic carbocycles. The van der Waals surface area contributed by atoms with Crippen molar-refractivity contribution in [3.63, 3.8) is 0 Å². The van der Waals surface area contributed by atoms with Gasteiger partial charge in [0.2, 0.25) is 0 Å². The molecule has 0 radical (unpaired) electrons. The molecule has 0 aromatic rings. The quantitative estimate of drug-likeness (QED) is 0.680. The van der Waals surface area contributed by atoms with Crippen molar-refractivity contribution in [3.05, 3.63) is 12.0 Å². The summed E-state index contributed by atoms with van der Waals surface area (Å²) in [6.45, 7) is 7.25. The molecule has 1 atom stereocenters. The zero-order chi connectivity index (χ0) is 10.1. The predicted octanol–water partition coefficient (Wildman–Crippen LogP) is 2.33. The van der Waals surface area contributed by atoms with Gasteiger partial charge in [-0.3, -0.25) is 0 Å². The van der Waals surface area contributed by atoms with Crippen LogP contribution in [0.2, 0.25) is 0 Å². The molecule has 0 aromatic heterocycles. The first kappa shape index (κ1) is 12.3. The number of hydrogen-bond donors (Lipinski definition) is 0. The summed E-state index contributed by atoms with van der Waals surface area (Å²) in [7, 11) is 1.69. The van der Waals surface area contributed by atoms with Crippen molar-refractivity contribution in [2.75, 3.05) is 20.3 Å². The Morgan fingerprint density at radius 2 is 2.23 bits per heavy atom. The normalized spacial score (nSPS) is 20.3. The smallest absolute Gasteiger partial charge is 0.134 e. The molecule has 78 valence electrons. The van der Waals surface area contributed by atoms with E-state index in [0.29, 0.717) is 6.61 Å². The molecule has 13 heavy (non-hydrogen) atoms. The first-order valence-corrected chi connectivity index (χ1v) is 4.77. The van der Waals surface area contributed by atoms with E-state index < -0.39 is 0 Å². The van der Waals surface area contributed by atoms with E-state index in [0.717, 1.165) is 18.8 Å². The number of hydrogen-bond acceptors (Lipinski definition) is 3. The summed E-state index contributed by atoms with van der Waals surface area (Å²) in [6, 6.07) is 0. The monoisotopic (exact) mass is 188 g/mol. The first-order valence-electron chi connectivity index (χ1n) is 4.77. The molecule has 3 heteroatoms. The van der Waals surface area contributed by atoms with Gasteiger partial charge >= 0.3 is 0 Å². The van der Waals surface area contributed by atoms with Crippen molar-refractivity contribution in [1.82, 2.24) is 0 Å². The molecule has 0 saturated heterocycles. The second-order valence-corrected chi connectivity index (χ2v) is 2.58. The second-order valence-electron chi connectivity index (χ2n) is 2.58. The van der Waals surface area contributed by atoms with Crippen LogP contribution in [0.1, 0.15) is 27.2 Å². The predicted molar refractivity (Wildman–Crippen MR) is 52.4 cm³/mol. The zero-order valence-corrected chi connectivity index (χ0v) is 9.00. The molecule has 1 aliphatic heterocycles. The van der Waals surface area contributed by atoms with Crippen molar-refractivity contribution in [2.45, 2.75) is 33.3 Å². The Kier molecular flexibility index (Phi) is 7.50. The summed E-state index contributed by atoms with van der Waals surface area (Å²) in [4.78, 5) is 0. The van der Waals surface area contributed by atoms with Gasteiger partial charge in [0.05, 0.1) is 0 Å². The van der Waals surface area contributed by atoms with Crippen molar-refractivity contribution in [2.24, 2.45) is 0 Å². The van der Waals surface area contributed by atoms with Crippen molar-refractivity contribution in [1.29, 1.82) is 0 Å². The van der Waals surface area contributed by atoms with Crippen LogP contribution in [0.5, 0.6) is 0 Å². The lowest BCUT2D eigenvalue weighted by Crippen LogP contribution is -2.23. The molecule has 0 fully saturated rings. The number of ether oxygens (including phenoxy) is 3. The summed E-state index contributed by atoms with van der Waals surface area (Å²) in [5, 5.41) is 0. The van der Waals surface area contributed by atoms with Crippen LogP contribution >= 0.6 is 0 Å². The summed E-state index contributed by atoms with van der Waals surface area (Å²) < 4.78 is 15.5. The second kappa shape index (κ2) is 7.92. The van der Waals surface area contributed by atoms with Gasteiger partial charge in [-0.25, -0.2) is 0 Å². The Morgan fingerprint density at radius 3 is 2.77 bits per heavy atom. The van der Waals surface area contributed by atoms with Crippen LogP contribution in [0.3, 0.4) is 0 Å². The van der Waals surface area contributed by atoms with Gasteiger partial charge in [0, 0.05) is 20.1 Å². The molecule has 0 bridgehead atoms. The molecule has 0 saturated carbocycles. The van der Waals surface area contributed by atoms with Gasteiger partial charge in [0.15, 0.2) is 0 Å². The van der Waals surface area contributed by atoms with Crippen LogP contribution in [0.4, 0.5) is 0 Å². The fraction of sp³-hybridized carbons (Fsp3) is 0.800. The van der Waals surface area contributed by atoms with Crippen LogP contribution in [-0.2, 0) is 14.2 Å². The van der Waals surface area contributed by atoms with Crippen molar-refractivity contribution in [3.8, 4) is 0 Å². The van der Waals surface area contributed by atoms with E-state index in [2.05, 4.69) is 0 Å². The minimum Gasteiger partial charge on any atom is -0.494 e. The third-order valence-electron chi connectivity index (χ3n) is 1.53. The van der Waals surface area contributed by atoms with Gasteiger partial charge in [-0.05, 0) is 6.92 Å².